The molecule has 0 saturated heterocycles. The second kappa shape index (κ2) is 13.0. The van der Waals surface area contributed by atoms with Gasteiger partial charge in [0.25, 0.3) is 0 Å². The average molecular weight is 729 g/mol. The van der Waals surface area contributed by atoms with Crippen LogP contribution >= 0.6 is 0 Å². The lowest BCUT2D eigenvalue weighted by Gasteiger charge is -2.63. The molecule has 272 valence electrons. The van der Waals surface area contributed by atoms with Gasteiger partial charge in [0.1, 0.15) is 12.2 Å². The van der Waals surface area contributed by atoms with Gasteiger partial charge in [-0.05, 0) is 97.7 Å². The van der Waals surface area contributed by atoms with E-state index in [-0.39, 0.29) is 24.2 Å². The number of hydrogen-bond donors (Lipinski definition) is 4. The second-order valence-electron chi connectivity index (χ2n) is 15.6. The van der Waals surface area contributed by atoms with Crippen molar-refractivity contribution < 1.29 is 56.6 Å². The first kappa shape index (κ1) is 38.8. The summed E-state index contributed by atoms with van der Waals surface area (Å²) in [5.41, 5.74) is 0.0814. The summed E-state index contributed by atoms with van der Waals surface area (Å²) in [5.74, 6) is 0.00372. The fourth-order valence-corrected chi connectivity index (χ4v) is 12.0. The summed E-state index contributed by atoms with van der Waals surface area (Å²) in [7, 11) is -15.6. The molecular weight excluding hydrogens is 677 g/mol. The van der Waals surface area contributed by atoms with Crippen LogP contribution in [0.25, 0.3) is 0 Å². The van der Waals surface area contributed by atoms with E-state index in [1.54, 1.807) is 6.92 Å². The van der Waals surface area contributed by atoms with Gasteiger partial charge < -0.3 is 5.11 Å². The van der Waals surface area contributed by atoms with E-state index < -0.39 is 72.4 Å². The zero-order valence-corrected chi connectivity index (χ0v) is 30.6. The van der Waals surface area contributed by atoms with Crippen molar-refractivity contribution in [3.05, 3.63) is 23.8 Å². The van der Waals surface area contributed by atoms with Crippen LogP contribution in [0.3, 0.4) is 0 Å². The highest BCUT2D eigenvalue weighted by Crippen LogP contribution is 2.72. The predicted octanol–water partition coefficient (Wildman–Crippen LogP) is 4.97. The standard InChI is InChI=1S/C31H52O13S3/c1-17(2)20(18(3)4)10-9-19(5)21-11-13-31(8)23-15-24(42-45(33,34)35)26-27(32)28(44-47(39,40)41)25(43-46(36,37)38)16-29(26,6)22(23)12-14-30(21,31)7/h12,18-21,23-28,32H,1,9-11,13-16H2,2-8H3,(H,33,34,35)(H,36,37,38)(H,39,40,41)/t19-,20+,21-,23-,24+,25+,26+,27-,28-,29-,30-,31+/m1/s1. The molecule has 0 aromatic heterocycles. The van der Waals surface area contributed by atoms with Gasteiger partial charge in [0, 0.05) is 5.92 Å². The van der Waals surface area contributed by atoms with Crippen molar-refractivity contribution in [2.45, 2.75) is 118 Å². The lowest BCUT2D eigenvalue weighted by molar-refractivity contribution is -0.179. The maximum Gasteiger partial charge on any atom is 0.397 e. The smallest absolute Gasteiger partial charge is 0.390 e. The Morgan fingerprint density at radius 1 is 0.915 bits per heavy atom. The molecule has 47 heavy (non-hydrogen) atoms. The molecule has 12 atom stereocenters. The van der Waals surface area contributed by atoms with E-state index >= 15 is 0 Å². The monoisotopic (exact) mass is 728 g/mol. The molecule has 16 heteroatoms. The van der Waals surface area contributed by atoms with Crippen molar-refractivity contribution in [1.29, 1.82) is 0 Å². The van der Waals surface area contributed by atoms with Gasteiger partial charge in [-0.15, -0.1) is 0 Å². The fraction of sp³-hybridized carbons (Fsp3) is 0.871. The zero-order valence-electron chi connectivity index (χ0n) is 28.2. The van der Waals surface area contributed by atoms with Crippen molar-refractivity contribution in [2.24, 2.45) is 51.8 Å². The maximum absolute atomic E-state index is 12.2. The van der Waals surface area contributed by atoms with Crippen LogP contribution in [0.2, 0.25) is 0 Å². The van der Waals surface area contributed by atoms with Crippen LogP contribution in [0.1, 0.15) is 93.4 Å². The summed E-state index contributed by atoms with van der Waals surface area (Å²) < 4.78 is 115. The number of allylic oxidation sites excluding steroid dienone is 3. The largest absolute Gasteiger partial charge is 0.397 e. The minimum Gasteiger partial charge on any atom is -0.390 e. The van der Waals surface area contributed by atoms with Crippen LogP contribution in [0.15, 0.2) is 23.8 Å². The quantitative estimate of drug-likeness (QED) is 0.155. The van der Waals surface area contributed by atoms with Crippen LogP contribution < -0.4 is 0 Å². The molecule has 13 nitrogen and oxygen atoms in total. The van der Waals surface area contributed by atoms with Crippen LogP contribution in [0, 0.1) is 51.8 Å². The summed E-state index contributed by atoms with van der Waals surface area (Å²) in [5, 5.41) is 11.6. The van der Waals surface area contributed by atoms with Gasteiger partial charge in [0.2, 0.25) is 0 Å². The topological polar surface area (TPSA) is 211 Å². The third-order valence-corrected chi connectivity index (χ3v) is 14.2. The van der Waals surface area contributed by atoms with E-state index in [2.05, 4.69) is 58.4 Å². The van der Waals surface area contributed by atoms with Crippen molar-refractivity contribution in [3.63, 3.8) is 0 Å². The van der Waals surface area contributed by atoms with E-state index in [9.17, 15) is 44.0 Å². The van der Waals surface area contributed by atoms with Crippen molar-refractivity contribution >= 4 is 31.2 Å². The van der Waals surface area contributed by atoms with E-state index in [1.807, 2.05) is 0 Å². The summed E-state index contributed by atoms with van der Waals surface area (Å²) in [6, 6.07) is 0. The molecule has 3 saturated carbocycles. The highest BCUT2D eigenvalue weighted by molar-refractivity contribution is 7.81. The molecule has 0 aromatic carbocycles. The Hall–Kier alpha value is -0.950. The van der Waals surface area contributed by atoms with Gasteiger partial charge in [0.05, 0.1) is 12.2 Å². The Labute approximate surface area is 280 Å². The average Bonchev–Trinajstić information content (AvgIpc) is 3.15. The van der Waals surface area contributed by atoms with Crippen molar-refractivity contribution in [1.82, 2.24) is 0 Å². The van der Waals surface area contributed by atoms with Crippen LogP contribution in [0.4, 0.5) is 0 Å². The van der Waals surface area contributed by atoms with Gasteiger partial charge in [0.15, 0.2) is 0 Å². The molecule has 0 aliphatic heterocycles. The Morgan fingerprint density at radius 3 is 1.98 bits per heavy atom. The molecule has 4 aliphatic rings. The Morgan fingerprint density at radius 2 is 1.47 bits per heavy atom. The molecule has 0 heterocycles. The zero-order chi connectivity index (χ0) is 35.7. The molecule has 4 aliphatic carbocycles. The minimum atomic E-state index is -5.29. The van der Waals surface area contributed by atoms with E-state index in [1.165, 1.54) is 5.57 Å². The van der Waals surface area contributed by atoms with Crippen LogP contribution in [-0.4, -0.2) is 68.4 Å². The molecular formula is C31H52O13S3. The van der Waals surface area contributed by atoms with Crippen LogP contribution in [0.5, 0.6) is 0 Å². The molecule has 0 bridgehead atoms. The van der Waals surface area contributed by atoms with Crippen molar-refractivity contribution in [2.75, 3.05) is 0 Å². The molecule has 0 radical (unpaired) electrons. The Balaban J connectivity index is 1.78. The third kappa shape index (κ3) is 7.57. The summed E-state index contributed by atoms with van der Waals surface area (Å²) in [4.78, 5) is 0. The van der Waals surface area contributed by atoms with E-state index in [0.29, 0.717) is 30.1 Å². The minimum absolute atomic E-state index is 0.0453. The van der Waals surface area contributed by atoms with Gasteiger partial charge in [-0.1, -0.05) is 65.3 Å². The van der Waals surface area contributed by atoms with E-state index in [0.717, 1.165) is 31.3 Å². The number of aliphatic hydroxyl groups excluding tert-OH is 1. The summed E-state index contributed by atoms with van der Waals surface area (Å²) in [6.45, 7) is 19.1. The summed E-state index contributed by atoms with van der Waals surface area (Å²) in [6.07, 6.45) is -1.06. The lowest BCUT2D eigenvalue weighted by atomic mass is 9.43. The number of aliphatic hydroxyl groups is 1. The third-order valence-electron chi connectivity index (χ3n) is 12.7. The molecule has 3 fully saturated rings. The number of hydrogen-bond acceptors (Lipinski definition) is 10. The normalized spacial score (nSPS) is 40.6. The van der Waals surface area contributed by atoms with E-state index in [4.69, 9.17) is 8.37 Å². The van der Waals surface area contributed by atoms with Gasteiger partial charge in [-0.2, -0.15) is 25.3 Å². The SMILES string of the molecule is C=C(C)[C@H](CC[C@@H](C)[C@H]1CC[C@@]2(C)[C@@H]3C[C@H](OS(=O)(=O)O)[C@H]4[C@@H](O)[C@H](OS(=O)(=O)O)[C@@H](OS(=O)(=O)O)C[C@]4(C)C3=CC[C@]12C)C(C)C. The fourth-order valence-electron chi connectivity index (χ4n) is 10.5. The Bertz CT molecular complexity index is 1570. The first-order valence-corrected chi connectivity index (χ1v) is 20.3. The Kier molecular flexibility index (Phi) is 10.7. The molecule has 0 unspecified atom stereocenters. The molecule has 4 N–H and O–H groups in total. The van der Waals surface area contributed by atoms with Crippen LogP contribution in [-0.2, 0) is 43.7 Å². The lowest BCUT2D eigenvalue weighted by Crippen LogP contribution is -2.65. The summed E-state index contributed by atoms with van der Waals surface area (Å²) >= 11 is 0. The first-order valence-electron chi connectivity index (χ1n) is 16.2. The highest BCUT2D eigenvalue weighted by Gasteiger charge is 2.68. The van der Waals surface area contributed by atoms with Crippen molar-refractivity contribution in [3.8, 4) is 0 Å². The predicted molar refractivity (Wildman–Crippen MR) is 173 cm³/mol. The second-order valence-corrected chi connectivity index (χ2v) is 18.8. The van der Waals surface area contributed by atoms with Gasteiger partial charge in [-0.3, -0.25) is 13.7 Å². The number of fused-ring (bicyclic) bond motifs is 5. The molecule has 4 rings (SSSR count). The first-order chi connectivity index (χ1) is 21.2. The molecule has 0 amide bonds. The van der Waals surface area contributed by atoms with Gasteiger partial charge >= 0.3 is 31.2 Å². The number of rotatable bonds is 12. The molecule has 0 aromatic rings. The molecule has 0 spiro atoms. The maximum atomic E-state index is 12.2. The highest BCUT2D eigenvalue weighted by atomic mass is 32.3. The van der Waals surface area contributed by atoms with Gasteiger partial charge in [-0.25, -0.2) is 12.5 Å².